The summed E-state index contributed by atoms with van der Waals surface area (Å²) in [5.74, 6) is 0. The summed E-state index contributed by atoms with van der Waals surface area (Å²) in [7, 11) is 0. The second-order valence-corrected chi connectivity index (χ2v) is 4.02. The first kappa shape index (κ1) is 14.0. The van der Waals surface area contributed by atoms with Gasteiger partial charge in [0, 0.05) is 19.1 Å². The number of nitrogens with one attached hydrogen (secondary N) is 1. The Morgan fingerprint density at radius 2 is 1.82 bits per heavy atom. The van der Waals surface area contributed by atoms with Crippen LogP contribution in [0.4, 0.5) is 13.2 Å². The van der Waals surface area contributed by atoms with Crippen molar-refractivity contribution in [2.75, 3.05) is 13.1 Å². The Bertz CT molecular complexity index is 311. The summed E-state index contributed by atoms with van der Waals surface area (Å²) in [5, 5.41) is 2.72. The van der Waals surface area contributed by atoms with Crippen molar-refractivity contribution in [2.24, 2.45) is 5.73 Å². The Labute approximate surface area is 99.0 Å². The van der Waals surface area contributed by atoms with Crippen LogP contribution in [0.15, 0.2) is 30.3 Å². The first-order valence-corrected chi connectivity index (χ1v) is 5.54. The molecule has 5 heteroatoms. The fourth-order valence-electron chi connectivity index (χ4n) is 1.51. The van der Waals surface area contributed by atoms with E-state index in [1.165, 1.54) is 0 Å². The van der Waals surface area contributed by atoms with Gasteiger partial charge in [-0.3, -0.25) is 0 Å². The standard InChI is InChI=1S/C12H17F3N2/c13-12(14,15)6-7-17-9-11(16)8-10-4-2-1-3-5-10/h1-5,11,17H,6-9,16H2. The first-order valence-electron chi connectivity index (χ1n) is 5.54. The number of halogens is 3. The van der Waals surface area contributed by atoms with Crippen molar-refractivity contribution in [3.8, 4) is 0 Å². The van der Waals surface area contributed by atoms with Gasteiger partial charge in [-0.15, -0.1) is 0 Å². The van der Waals surface area contributed by atoms with Crippen molar-refractivity contribution >= 4 is 0 Å². The third-order valence-electron chi connectivity index (χ3n) is 2.33. The number of nitrogens with two attached hydrogens (primary N) is 1. The fraction of sp³-hybridized carbons (Fsp3) is 0.500. The number of rotatable bonds is 6. The van der Waals surface area contributed by atoms with Gasteiger partial charge < -0.3 is 11.1 Å². The van der Waals surface area contributed by atoms with E-state index in [4.69, 9.17) is 5.73 Å². The predicted molar refractivity (Wildman–Crippen MR) is 61.7 cm³/mol. The molecular formula is C12H17F3N2. The van der Waals surface area contributed by atoms with Gasteiger partial charge in [0.15, 0.2) is 0 Å². The van der Waals surface area contributed by atoms with Crippen LogP contribution in [-0.2, 0) is 6.42 Å². The summed E-state index contributed by atoms with van der Waals surface area (Å²) in [6, 6.07) is 9.49. The Hall–Kier alpha value is -1.07. The molecule has 0 radical (unpaired) electrons. The maximum atomic E-state index is 11.9. The van der Waals surface area contributed by atoms with Gasteiger partial charge in [-0.25, -0.2) is 0 Å². The Kier molecular flexibility index (Phi) is 5.44. The second kappa shape index (κ2) is 6.61. The van der Waals surface area contributed by atoms with Gasteiger partial charge in [-0.1, -0.05) is 30.3 Å². The molecular weight excluding hydrogens is 229 g/mol. The van der Waals surface area contributed by atoms with Crippen LogP contribution in [0.1, 0.15) is 12.0 Å². The molecule has 0 aromatic heterocycles. The monoisotopic (exact) mass is 246 g/mol. The summed E-state index contributed by atoms with van der Waals surface area (Å²) < 4.78 is 35.6. The van der Waals surface area contributed by atoms with Crippen LogP contribution < -0.4 is 11.1 Å². The van der Waals surface area contributed by atoms with Gasteiger partial charge in [0.05, 0.1) is 6.42 Å². The van der Waals surface area contributed by atoms with Gasteiger partial charge in [0.1, 0.15) is 0 Å². The van der Waals surface area contributed by atoms with Crippen LogP contribution in [0.5, 0.6) is 0 Å². The summed E-state index contributed by atoms with van der Waals surface area (Å²) in [5.41, 5.74) is 6.91. The molecule has 0 amide bonds. The van der Waals surface area contributed by atoms with Crippen molar-refractivity contribution in [3.05, 3.63) is 35.9 Å². The molecule has 3 N–H and O–H groups in total. The predicted octanol–water partition coefficient (Wildman–Crippen LogP) is 2.10. The molecule has 2 nitrogen and oxygen atoms in total. The first-order chi connectivity index (χ1) is 7.97. The molecule has 0 saturated carbocycles. The van der Waals surface area contributed by atoms with Gasteiger partial charge in [0.2, 0.25) is 0 Å². The molecule has 1 aromatic carbocycles. The molecule has 0 heterocycles. The van der Waals surface area contributed by atoms with Crippen molar-refractivity contribution in [3.63, 3.8) is 0 Å². The molecule has 1 atom stereocenters. The third-order valence-corrected chi connectivity index (χ3v) is 2.33. The van der Waals surface area contributed by atoms with Crippen molar-refractivity contribution in [1.29, 1.82) is 0 Å². The summed E-state index contributed by atoms with van der Waals surface area (Å²) >= 11 is 0. The van der Waals surface area contributed by atoms with Crippen LogP contribution in [-0.4, -0.2) is 25.3 Å². The number of hydrogen-bond acceptors (Lipinski definition) is 2. The molecule has 0 fully saturated rings. The van der Waals surface area contributed by atoms with E-state index in [0.29, 0.717) is 13.0 Å². The zero-order valence-corrected chi connectivity index (χ0v) is 9.50. The quantitative estimate of drug-likeness (QED) is 0.754. The highest BCUT2D eigenvalue weighted by molar-refractivity contribution is 5.15. The van der Waals surface area contributed by atoms with Crippen molar-refractivity contribution in [1.82, 2.24) is 5.32 Å². The second-order valence-electron chi connectivity index (χ2n) is 4.02. The van der Waals surface area contributed by atoms with E-state index < -0.39 is 12.6 Å². The number of hydrogen-bond donors (Lipinski definition) is 2. The lowest BCUT2D eigenvalue weighted by Gasteiger charge is -2.13. The SMILES string of the molecule is NC(CNCCC(F)(F)F)Cc1ccccc1. The average Bonchev–Trinajstić information content (AvgIpc) is 2.25. The minimum Gasteiger partial charge on any atom is -0.326 e. The average molecular weight is 246 g/mol. The summed E-state index contributed by atoms with van der Waals surface area (Å²) in [6.07, 6.45) is -4.25. The minimum atomic E-state index is -4.10. The lowest BCUT2D eigenvalue weighted by molar-refractivity contribution is -0.133. The van der Waals surface area contributed by atoms with E-state index in [0.717, 1.165) is 5.56 Å². The van der Waals surface area contributed by atoms with Gasteiger partial charge >= 0.3 is 6.18 Å². The highest BCUT2D eigenvalue weighted by atomic mass is 19.4. The van der Waals surface area contributed by atoms with Gasteiger partial charge in [0.25, 0.3) is 0 Å². The van der Waals surface area contributed by atoms with Crippen LogP contribution in [0, 0.1) is 0 Å². The van der Waals surface area contributed by atoms with E-state index in [1.54, 1.807) is 0 Å². The maximum absolute atomic E-state index is 11.9. The largest absolute Gasteiger partial charge is 0.390 e. The number of alkyl halides is 3. The zero-order valence-electron chi connectivity index (χ0n) is 9.50. The Morgan fingerprint density at radius 1 is 1.18 bits per heavy atom. The molecule has 17 heavy (non-hydrogen) atoms. The molecule has 0 bridgehead atoms. The molecule has 1 rings (SSSR count). The molecule has 0 saturated heterocycles. The molecule has 1 unspecified atom stereocenters. The molecule has 1 aromatic rings. The zero-order chi connectivity index (χ0) is 12.7. The van der Waals surface area contributed by atoms with Crippen molar-refractivity contribution < 1.29 is 13.2 Å². The summed E-state index contributed by atoms with van der Waals surface area (Å²) in [6.45, 7) is 0.316. The third kappa shape index (κ3) is 6.97. The molecule has 0 aliphatic heterocycles. The van der Waals surface area contributed by atoms with E-state index in [1.807, 2.05) is 30.3 Å². The lowest BCUT2D eigenvalue weighted by Crippen LogP contribution is -2.36. The number of benzene rings is 1. The molecule has 0 spiro atoms. The van der Waals surface area contributed by atoms with Gasteiger partial charge in [-0.2, -0.15) is 13.2 Å². The molecule has 0 aliphatic rings. The van der Waals surface area contributed by atoms with E-state index in [-0.39, 0.29) is 12.6 Å². The molecule has 96 valence electrons. The lowest BCUT2D eigenvalue weighted by atomic mass is 10.1. The van der Waals surface area contributed by atoms with E-state index in [9.17, 15) is 13.2 Å². The normalized spacial score (nSPS) is 13.6. The van der Waals surface area contributed by atoms with E-state index >= 15 is 0 Å². The van der Waals surface area contributed by atoms with Gasteiger partial charge in [-0.05, 0) is 12.0 Å². The Balaban J connectivity index is 2.16. The maximum Gasteiger partial charge on any atom is 0.390 e. The van der Waals surface area contributed by atoms with Crippen LogP contribution in [0.25, 0.3) is 0 Å². The van der Waals surface area contributed by atoms with Crippen LogP contribution >= 0.6 is 0 Å². The smallest absolute Gasteiger partial charge is 0.326 e. The highest BCUT2D eigenvalue weighted by Crippen LogP contribution is 2.18. The molecule has 0 aliphatic carbocycles. The van der Waals surface area contributed by atoms with Crippen LogP contribution in [0.3, 0.4) is 0 Å². The summed E-state index contributed by atoms with van der Waals surface area (Å²) in [4.78, 5) is 0. The van der Waals surface area contributed by atoms with Crippen LogP contribution in [0.2, 0.25) is 0 Å². The Morgan fingerprint density at radius 3 is 2.41 bits per heavy atom. The van der Waals surface area contributed by atoms with E-state index in [2.05, 4.69) is 5.32 Å². The highest BCUT2D eigenvalue weighted by Gasteiger charge is 2.25. The van der Waals surface area contributed by atoms with Crippen molar-refractivity contribution in [2.45, 2.75) is 25.1 Å². The topological polar surface area (TPSA) is 38.0 Å². The minimum absolute atomic E-state index is 0.0774. The fourth-order valence-corrected chi connectivity index (χ4v) is 1.51.